The fraction of sp³-hybridized carbons (Fsp3) is 0.500. The summed E-state index contributed by atoms with van der Waals surface area (Å²) in [7, 11) is 1.92. The molecule has 64 valence electrons. The fourth-order valence-corrected chi connectivity index (χ4v) is 1.46. The SMILES string of the molecule is Cc1n2c(c[n+]1C)C(=O)OCC2. The van der Waals surface area contributed by atoms with Crippen molar-refractivity contribution in [1.29, 1.82) is 0 Å². The van der Waals surface area contributed by atoms with Crippen LogP contribution in [-0.4, -0.2) is 17.1 Å². The molecule has 0 bridgehead atoms. The zero-order chi connectivity index (χ0) is 8.72. The van der Waals surface area contributed by atoms with Crippen LogP contribution < -0.4 is 4.57 Å². The molecular formula is C8H11N2O2+. The van der Waals surface area contributed by atoms with Crippen molar-refractivity contribution in [3.05, 3.63) is 17.7 Å². The van der Waals surface area contributed by atoms with Gasteiger partial charge in [-0.2, -0.15) is 0 Å². The van der Waals surface area contributed by atoms with Gasteiger partial charge in [0.05, 0.1) is 7.05 Å². The second kappa shape index (κ2) is 2.33. The van der Waals surface area contributed by atoms with E-state index < -0.39 is 0 Å². The molecule has 2 rings (SSSR count). The average Bonchev–Trinajstić information content (AvgIpc) is 2.32. The number of ether oxygens (including phenoxy) is 1. The Morgan fingerprint density at radius 1 is 1.67 bits per heavy atom. The minimum atomic E-state index is -0.218. The summed E-state index contributed by atoms with van der Waals surface area (Å²) in [5.74, 6) is 0.867. The zero-order valence-corrected chi connectivity index (χ0v) is 7.20. The van der Waals surface area contributed by atoms with Crippen LogP contribution in [0.2, 0.25) is 0 Å². The van der Waals surface area contributed by atoms with Gasteiger partial charge in [-0.15, -0.1) is 0 Å². The van der Waals surface area contributed by atoms with Crippen molar-refractivity contribution >= 4 is 5.97 Å². The quantitative estimate of drug-likeness (QED) is 0.396. The molecule has 2 heterocycles. The number of carbonyl (C=O) groups is 1. The Labute approximate surface area is 70.4 Å². The summed E-state index contributed by atoms with van der Waals surface area (Å²) in [6.07, 6.45) is 1.80. The first-order valence-corrected chi connectivity index (χ1v) is 3.93. The van der Waals surface area contributed by atoms with E-state index in [-0.39, 0.29) is 5.97 Å². The van der Waals surface area contributed by atoms with E-state index in [4.69, 9.17) is 4.74 Å². The van der Waals surface area contributed by atoms with Gasteiger partial charge in [-0.3, -0.25) is 0 Å². The molecule has 0 atom stereocenters. The van der Waals surface area contributed by atoms with Gasteiger partial charge in [0.15, 0.2) is 0 Å². The molecule has 1 aromatic rings. The van der Waals surface area contributed by atoms with Crippen LogP contribution in [0.15, 0.2) is 6.20 Å². The first kappa shape index (κ1) is 7.34. The van der Waals surface area contributed by atoms with E-state index in [1.807, 2.05) is 23.1 Å². The van der Waals surface area contributed by atoms with Gasteiger partial charge in [-0.05, 0) is 0 Å². The van der Waals surface area contributed by atoms with E-state index in [2.05, 4.69) is 0 Å². The molecule has 0 radical (unpaired) electrons. The third kappa shape index (κ3) is 0.841. The lowest BCUT2D eigenvalue weighted by Gasteiger charge is -2.09. The molecule has 0 saturated carbocycles. The Kier molecular flexibility index (Phi) is 1.43. The van der Waals surface area contributed by atoms with Crippen LogP contribution in [0.25, 0.3) is 0 Å². The number of imidazole rings is 1. The molecule has 1 aliphatic rings. The number of cyclic esters (lactones) is 1. The number of esters is 1. The van der Waals surface area contributed by atoms with Crippen molar-refractivity contribution < 1.29 is 14.1 Å². The molecule has 0 N–H and O–H groups in total. The van der Waals surface area contributed by atoms with E-state index in [9.17, 15) is 4.79 Å². The number of hydrogen-bond donors (Lipinski definition) is 0. The minimum Gasteiger partial charge on any atom is -0.455 e. The molecule has 0 spiro atoms. The largest absolute Gasteiger partial charge is 0.455 e. The lowest BCUT2D eigenvalue weighted by Crippen LogP contribution is -2.30. The summed E-state index contributed by atoms with van der Waals surface area (Å²) < 4.78 is 8.81. The molecule has 0 aliphatic carbocycles. The molecule has 0 aromatic carbocycles. The third-order valence-corrected chi connectivity index (χ3v) is 2.26. The first-order valence-electron chi connectivity index (χ1n) is 3.93. The number of rotatable bonds is 0. The molecular weight excluding hydrogens is 156 g/mol. The summed E-state index contributed by atoms with van der Waals surface area (Å²) in [6, 6.07) is 0. The molecule has 1 aromatic heterocycles. The van der Waals surface area contributed by atoms with Crippen LogP contribution in [0.5, 0.6) is 0 Å². The summed E-state index contributed by atoms with van der Waals surface area (Å²) in [5.41, 5.74) is 0.654. The third-order valence-electron chi connectivity index (χ3n) is 2.26. The number of nitrogens with zero attached hydrogens (tertiary/aromatic N) is 2. The molecule has 0 unspecified atom stereocenters. The number of hydrogen-bond acceptors (Lipinski definition) is 2. The summed E-state index contributed by atoms with van der Waals surface area (Å²) in [4.78, 5) is 11.2. The van der Waals surface area contributed by atoms with Gasteiger partial charge in [0.2, 0.25) is 0 Å². The highest BCUT2D eigenvalue weighted by atomic mass is 16.5. The first-order chi connectivity index (χ1) is 5.70. The Morgan fingerprint density at radius 3 is 3.08 bits per heavy atom. The van der Waals surface area contributed by atoms with Gasteiger partial charge in [-0.25, -0.2) is 13.9 Å². The van der Waals surface area contributed by atoms with E-state index in [1.54, 1.807) is 6.20 Å². The predicted molar refractivity (Wildman–Crippen MR) is 40.6 cm³/mol. The second-order valence-corrected chi connectivity index (χ2v) is 2.96. The Balaban J connectivity index is 2.60. The van der Waals surface area contributed by atoms with Crippen molar-refractivity contribution in [2.45, 2.75) is 13.5 Å². The number of fused-ring (bicyclic) bond motifs is 1. The zero-order valence-electron chi connectivity index (χ0n) is 7.20. The van der Waals surface area contributed by atoms with Crippen molar-refractivity contribution in [3.63, 3.8) is 0 Å². The molecule has 0 amide bonds. The van der Waals surface area contributed by atoms with Gasteiger partial charge >= 0.3 is 5.97 Å². The van der Waals surface area contributed by atoms with Gasteiger partial charge in [0.25, 0.3) is 11.5 Å². The Hall–Kier alpha value is -1.32. The smallest absolute Gasteiger partial charge is 0.382 e. The highest BCUT2D eigenvalue weighted by Crippen LogP contribution is 2.09. The van der Waals surface area contributed by atoms with Crippen molar-refractivity contribution in [1.82, 2.24) is 4.57 Å². The van der Waals surface area contributed by atoms with Gasteiger partial charge in [0, 0.05) is 6.92 Å². The lowest BCUT2D eigenvalue weighted by atomic mass is 10.4. The van der Waals surface area contributed by atoms with Crippen LogP contribution in [-0.2, 0) is 18.3 Å². The minimum absolute atomic E-state index is 0.218. The normalized spacial score (nSPS) is 15.7. The highest BCUT2D eigenvalue weighted by Gasteiger charge is 2.28. The van der Waals surface area contributed by atoms with Crippen molar-refractivity contribution in [2.24, 2.45) is 7.05 Å². The maximum absolute atomic E-state index is 11.2. The van der Waals surface area contributed by atoms with Gasteiger partial charge in [0.1, 0.15) is 19.3 Å². The van der Waals surface area contributed by atoms with Crippen LogP contribution in [0.3, 0.4) is 0 Å². The van der Waals surface area contributed by atoms with Crippen molar-refractivity contribution in [2.75, 3.05) is 6.61 Å². The van der Waals surface area contributed by atoms with Crippen LogP contribution >= 0.6 is 0 Å². The van der Waals surface area contributed by atoms with Gasteiger partial charge in [-0.1, -0.05) is 0 Å². The maximum atomic E-state index is 11.2. The van der Waals surface area contributed by atoms with Crippen LogP contribution in [0.1, 0.15) is 16.3 Å². The van der Waals surface area contributed by atoms with Crippen molar-refractivity contribution in [3.8, 4) is 0 Å². The molecule has 0 fully saturated rings. The maximum Gasteiger partial charge on any atom is 0.382 e. The van der Waals surface area contributed by atoms with Crippen LogP contribution in [0, 0.1) is 6.92 Å². The van der Waals surface area contributed by atoms with E-state index in [1.165, 1.54) is 0 Å². The van der Waals surface area contributed by atoms with E-state index in [0.717, 1.165) is 12.4 Å². The number of carbonyl (C=O) groups excluding carboxylic acids is 1. The van der Waals surface area contributed by atoms with Gasteiger partial charge < -0.3 is 4.74 Å². The summed E-state index contributed by atoms with van der Waals surface area (Å²) >= 11 is 0. The highest BCUT2D eigenvalue weighted by molar-refractivity contribution is 5.87. The van der Waals surface area contributed by atoms with E-state index in [0.29, 0.717) is 12.3 Å². The molecule has 12 heavy (non-hydrogen) atoms. The lowest BCUT2D eigenvalue weighted by molar-refractivity contribution is -0.677. The molecule has 1 aliphatic heterocycles. The standard InChI is InChI=1S/C8H11N2O2/c1-6-9(2)5-7-8(11)12-4-3-10(6)7/h5H,3-4H2,1-2H3/q+1. The molecule has 4 nitrogen and oxygen atoms in total. The monoisotopic (exact) mass is 167 g/mol. The number of aromatic nitrogens is 2. The van der Waals surface area contributed by atoms with E-state index >= 15 is 0 Å². The summed E-state index contributed by atoms with van der Waals surface area (Å²) in [6.45, 7) is 3.25. The molecule has 0 saturated heterocycles. The topological polar surface area (TPSA) is 35.1 Å². The Bertz CT molecular complexity index is 341. The van der Waals surface area contributed by atoms with Crippen LogP contribution in [0.4, 0.5) is 0 Å². The fourth-order valence-electron chi connectivity index (χ4n) is 1.46. The second-order valence-electron chi connectivity index (χ2n) is 2.96. The summed E-state index contributed by atoms with van der Waals surface area (Å²) in [5, 5.41) is 0. The molecule has 4 heteroatoms. The predicted octanol–water partition coefficient (Wildman–Crippen LogP) is -0.209. The Morgan fingerprint density at radius 2 is 2.42 bits per heavy atom. The average molecular weight is 167 g/mol. The number of aryl methyl sites for hydroxylation is 1.